The quantitative estimate of drug-likeness (QED) is 0.859. The van der Waals surface area contributed by atoms with Crippen LogP contribution in [-0.4, -0.2) is 5.54 Å². The van der Waals surface area contributed by atoms with Gasteiger partial charge in [-0.25, -0.2) is 0 Å². The van der Waals surface area contributed by atoms with Crippen LogP contribution in [0.15, 0.2) is 24.3 Å². The number of nitrogens with two attached hydrogens (primary N) is 1. The molecule has 2 N–H and O–H groups in total. The molecule has 0 amide bonds. The normalized spacial score (nSPS) is 28.4. The maximum absolute atomic E-state index is 12.5. The van der Waals surface area contributed by atoms with E-state index in [9.17, 15) is 13.2 Å². The number of rotatable bonds is 2. The van der Waals surface area contributed by atoms with Gasteiger partial charge in [-0.3, -0.25) is 0 Å². The van der Waals surface area contributed by atoms with E-state index in [1.807, 2.05) is 0 Å². The van der Waals surface area contributed by atoms with Crippen LogP contribution < -0.4 is 5.73 Å². The van der Waals surface area contributed by atoms with Crippen molar-refractivity contribution >= 4 is 0 Å². The average molecular weight is 271 g/mol. The molecule has 0 aliphatic heterocycles. The first-order chi connectivity index (χ1) is 8.78. The zero-order valence-corrected chi connectivity index (χ0v) is 11.1. The Hall–Kier alpha value is -1.03. The maximum Gasteiger partial charge on any atom is 0.416 e. The van der Waals surface area contributed by atoms with Gasteiger partial charge in [0.25, 0.3) is 0 Å². The highest BCUT2D eigenvalue weighted by atomic mass is 19.4. The highest BCUT2D eigenvalue weighted by Crippen LogP contribution is 2.34. The summed E-state index contributed by atoms with van der Waals surface area (Å²) in [7, 11) is 0. The summed E-state index contributed by atoms with van der Waals surface area (Å²) in [5, 5.41) is 0. The Morgan fingerprint density at radius 3 is 2.42 bits per heavy atom. The Bertz CT molecular complexity index is 424. The molecule has 1 aliphatic carbocycles. The van der Waals surface area contributed by atoms with Crippen LogP contribution in [0.4, 0.5) is 13.2 Å². The van der Waals surface area contributed by atoms with Crippen LogP contribution in [0.25, 0.3) is 0 Å². The van der Waals surface area contributed by atoms with Crippen molar-refractivity contribution in [3.8, 4) is 0 Å². The molecule has 19 heavy (non-hydrogen) atoms. The zero-order valence-electron chi connectivity index (χ0n) is 11.1. The van der Waals surface area contributed by atoms with Gasteiger partial charge in [0, 0.05) is 5.54 Å². The molecule has 0 aromatic heterocycles. The van der Waals surface area contributed by atoms with Crippen LogP contribution in [0.1, 0.15) is 43.7 Å². The van der Waals surface area contributed by atoms with E-state index >= 15 is 0 Å². The molecule has 0 heterocycles. The van der Waals surface area contributed by atoms with E-state index in [4.69, 9.17) is 5.73 Å². The summed E-state index contributed by atoms with van der Waals surface area (Å²) < 4.78 is 37.4. The van der Waals surface area contributed by atoms with Gasteiger partial charge in [-0.1, -0.05) is 31.9 Å². The van der Waals surface area contributed by atoms with Gasteiger partial charge in [-0.05, 0) is 42.9 Å². The molecule has 2 unspecified atom stereocenters. The number of hydrogen-bond donors (Lipinski definition) is 1. The van der Waals surface area contributed by atoms with Crippen LogP contribution in [0, 0.1) is 5.92 Å². The highest BCUT2D eigenvalue weighted by Gasteiger charge is 2.32. The van der Waals surface area contributed by atoms with Crippen LogP contribution in [0.3, 0.4) is 0 Å². The molecular weight excluding hydrogens is 251 g/mol. The summed E-state index contributed by atoms with van der Waals surface area (Å²) in [6.07, 6.45) is 0.615. The van der Waals surface area contributed by atoms with Crippen LogP contribution >= 0.6 is 0 Å². The molecule has 2 rings (SSSR count). The lowest BCUT2D eigenvalue weighted by atomic mass is 9.74. The van der Waals surface area contributed by atoms with Gasteiger partial charge < -0.3 is 5.73 Å². The topological polar surface area (TPSA) is 26.0 Å². The molecule has 1 aromatic carbocycles. The number of benzene rings is 1. The molecule has 4 heteroatoms. The molecule has 2 atom stereocenters. The highest BCUT2D eigenvalue weighted by molar-refractivity contribution is 5.26. The number of halogens is 3. The zero-order chi connectivity index (χ0) is 14.1. The maximum atomic E-state index is 12.5. The fourth-order valence-electron chi connectivity index (χ4n) is 3.08. The molecule has 0 radical (unpaired) electrons. The fraction of sp³-hybridized carbons (Fsp3) is 0.600. The van der Waals surface area contributed by atoms with E-state index in [-0.39, 0.29) is 5.54 Å². The van der Waals surface area contributed by atoms with E-state index in [0.717, 1.165) is 37.0 Å². The van der Waals surface area contributed by atoms with Crippen LogP contribution in [0.5, 0.6) is 0 Å². The van der Waals surface area contributed by atoms with Crippen molar-refractivity contribution in [1.29, 1.82) is 0 Å². The molecule has 106 valence electrons. The first-order valence-corrected chi connectivity index (χ1v) is 6.74. The van der Waals surface area contributed by atoms with Gasteiger partial charge in [0.15, 0.2) is 0 Å². The minimum absolute atomic E-state index is 0.253. The molecule has 0 spiro atoms. The van der Waals surface area contributed by atoms with E-state index in [0.29, 0.717) is 12.3 Å². The number of hydrogen-bond acceptors (Lipinski definition) is 1. The van der Waals surface area contributed by atoms with Crippen molar-refractivity contribution in [1.82, 2.24) is 0 Å². The summed E-state index contributed by atoms with van der Waals surface area (Å²) in [5.74, 6) is 0.605. The Balaban J connectivity index is 2.07. The molecule has 1 saturated carbocycles. The van der Waals surface area contributed by atoms with Gasteiger partial charge in [0.05, 0.1) is 5.56 Å². The summed E-state index contributed by atoms with van der Waals surface area (Å²) >= 11 is 0. The lowest BCUT2D eigenvalue weighted by Crippen LogP contribution is -2.45. The number of alkyl halides is 3. The van der Waals surface area contributed by atoms with Gasteiger partial charge in [-0.15, -0.1) is 0 Å². The lowest BCUT2D eigenvalue weighted by molar-refractivity contribution is -0.137. The molecule has 1 fully saturated rings. The van der Waals surface area contributed by atoms with Crippen molar-refractivity contribution in [3.63, 3.8) is 0 Å². The second-order valence-electron chi connectivity index (χ2n) is 5.94. The van der Waals surface area contributed by atoms with Gasteiger partial charge in [-0.2, -0.15) is 13.2 Å². The first kappa shape index (κ1) is 14.4. The third-order valence-corrected chi connectivity index (χ3v) is 3.96. The fourth-order valence-corrected chi connectivity index (χ4v) is 3.08. The van der Waals surface area contributed by atoms with E-state index in [2.05, 4.69) is 6.92 Å². The average Bonchev–Trinajstić information content (AvgIpc) is 2.27. The molecule has 0 bridgehead atoms. The Morgan fingerprint density at radius 2 is 1.89 bits per heavy atom. The lowest BCUT2D eigenvalue weighted by Gasteiger charge is -2.37. The predicted octanol–water partition coefficient (Wildman–Crippen LogP) is 4.16. The van der Waals surface area contributed by atoms with Crippen LogP contribution in [0.2, 0.25) is 0 Å². The minimum atomic E-state index is -4.27. The Morgan fingerprint density at radius 1 is 1.26 bits per heavy atom. The monoisotopic (exact) mass is 271 g/mol. The van der Waals surface area contributed by atoms with Gasteiger partial charge >= 0.3 is 6.18 Å². The van der Waals surface area contributed by atoms with Gasteiger partial charge in [0.2, 0.25) is 0 Å². The molecular formula is C15H20F3N. The molecule has 1 aliphatic rings. The predicted molar refractivity (Wildman–Crippen MR) is 69.7 cm³/mol. The standard InChI is InChI=1S/C15H20F3N/c1-11-3-2-8-14(19,9-11)10-12-4-6-13(7-5-12)15(16,17)18/h4-7,11H,2-3,8-10,19H2,1H3. The van der Waals surface area contributed by atoms with Crippen molar-refractivity contribution in [2.45, 2.75) is 50.7 Å². The smallest absolute Gasteiger partial charge is 0.325 e. The second-order valence-corrected chi connectivity index (χ2v) is 5.94. The third kappa shape index (κ3) is 3.72. The summed E-state index contributed by atoms with van der Waals surface area (Å²) in [5.41, 5.74) is 6.43. The molecule has 1 aromatic rings. The largest absolute Gasteiger partial charge is 0.416 e. The van der Waals surface area contributed by atoms with E-state index in [1.165, 1.54) is 6.42 Å². The second kappa shape index (κ2) is 5.16. The van der Waals surface area contributed by atoms with Crippen molar-refractivity contribution in [3.05, 3.63) is 35.4 Å². The SMILES string of the molecule is CC1CCCC(N)(Cc2ccc(C(F)(F)F)cc2)C1. The first-order valence-electron chi connectivity index (χ1n) is 6.74. The van der Waals surface area contributed by atoms with E-state index in [1.54, 1.807) is 12.1 Å². The van der Waals surface area contributed by atoms with Crippen molar-refractivity contribution in [2.24, 2.45) is 11.7 Å². The summed E-state index contributed by atoms with van der Waals surface area (Å²) in [6.45, 7) is 2.19. The molecule has 0 saturated heterocycles. The third-order valence-electron chi connectivity index (χ3n) is 3.96. The van der Waals surface area contributed by atoms with Crippen molar-refractivity contribution in [2.75, 3.05) is 0 Å². The molecule has 1 nitrogen and oxygen atoms in total. The van der Waals surface area contributed by atoms with Gasteiger partial charge in [0.1, 0.15) is 0 Å². The van der Waals surface area contributed by atoms with Crippen LogP contribution in [-0.2, 0) is 12.6 Å². The summed E-state index contributed by atoms with van der Waals surface area (Å²) in [4.78, 5) is 0. The van der Waals surface area contributed by atoms with Crippen molar-refractivity contribution < 1.29 is 13.2 Å². The Labute approximate surface area is 112 Å². The Kier molecular flexibility index (Phi) is 3.90. The minimum Gasteiger partial charge on any atom is -0.325 e. The summed E-state index contributed by atoms with van der Waals surface area (Å²) in [6, 6.07) is 5.39. The van der Waals surface area contributed by atoms with E-state index < -0.39 is 11.7 Å².